The number of rotatable bonds is 1. The molecule has 0 aliphatic carbocycles. The molecule has 0 aliphatic rings. The van der Waals surface area contributed by atoms with Crippen LogP contribution in [0.3, 0.4) is 0 Å². The molecular formula is C10H11N3O. The van der Waals surface area contributed by atoms with Gasteiger partial charge in [-0.3, -0.25) is 9.89 Å². The number of nitrogens with zero attached hydrogens (tertiary/aromatic N) is 1. The van der Waals surface area contributed by atoms with E-state index in [2.05, 4.69) is 15.5 Å². The van der Waals surface area contributed by atoms with E-state index < -0.39 is 0 Å². The van der Waals surface area contributed by atoms with E-state index in [1.807, 2.05) is 25.1 Å². The molecule has 0 saturated heterocycles. The molecule has 14 heavy (non-hydrogen) atoms. The molecule has 4 heteroatoms. The number of aromatic nitrogens is 2. The van der Waals surface area contributed by atoms with Crippen LogP contribution in [0.15, 0.2) is 18.2 Å². The van der Waals surface area contributed by atoms with Crippen molar-refractivity contribution in [2.75, 3.05) is 5.32 Å². The standard InChI is InChI=1S/C10H11N3O/c1-6-9-5-8(11-7(2)14)3-4-10(9)13-12-6/h3-5H,1-2H3,(H,11,14)(H,12,13). The molecule has 0 unspecified atom stereocenters. The molecule has 0 atom stereocenters. The average Bonchev–Trinajstić information content (AvgIpc) is 2.47. The van der Waals surface area contributed by atoms with Gasteiger partial charge in [-0.15, -0.1) is 0 Å². The highest BCUT2D eigenvalue weighted by Gasteiger charge is 2.02. The molecule has 0 bridgehead atoms. The number of fused-ring (bicyclic) bond motifs is 1. The van der Waals surface area contributed by atoms with E-state index in [1.54, 1.807) is 0 Å². The Morgan fingerprint density at radius 1 is 1.50 bits per heavy atom. The summed E-state index contributed by atoms with van der Waals surface area (Å²) >= 11 is 0. The lowest BCUT2D eigenvalue weighted by Crippen LogP contribution is -2.05. The molecule has 4 nitrogen and oxygen atoms in total. The van der Waals surface area contributed by atoms with Crippen molar-refractivity contribution in [1.29, 1.82) is 0 Å². The Labute approximate surface area is 81.3 Å². The maximum Gasteiger partial charge on any atom is 0.221 e. The number of amides is 1. The number of hydrogen-bond donors (Lipinski definition) is 2. The van der Waals surface area contributed by atoms with E-state index in [4.69, 9.17) is 0 Å². The lowest BCUT2D eigenvalue weighted by atomic mass is 10.2. The first-order valence-corrected chi connectivity index (χ1v) is 4.39. The van der Waals surface area contributed by atoms with E-state index in [0.717, 1.165) is 22.3 Å². The summed E-state index contributed by atoms with van der Waals surface area (Å²) in [5, 5.41) is 10.8. The summed E-state index contributed by atoms with van der Waals surface area (Å²) in [6.45, 7) is 3.44. The molecule has 0 spiro atoms. The molecule has 0 aliphatic heterocycles. The summed E-state index contributed by atoms with van der Waals surface area (Å²) in [6, 6.07) is 5.63. The third-order valence-corrected chi connectivity index (χ3v) is 2.06. The maximum absolute atomic E-state index is 10.8. The molecule has 1 aromatic heterocycles. The Morgan fingerprint density at radius 2 is 2.29 bits per heavy atom. The van der Waals surface area contributed by atoms with E-state index >= 15 is 0 Å². The zero-order valence-electron chi connectivity index (χ0n) is 8.09. The fourth-order valence-electron chi connectivity index (χ4n) is 1.42. The number of H-pyrrole nitrogens is 1. The number of nitrogens with one attached hydrogen (secondary N) is 2. The third kappa shape index (κ3) is 1.46. The van der Waals surface area contributed by atoms with Crippen molar-refractivity contribution in [1.82, 2.24) is 10.2 Å². The van der Waals surface area contributed by atoms with Crippen molar-refractivity contribution in [2.45, 2.75) is 13.8 Å². The first-order chi connectivity index (χ1) is 6.66. The van der Waals surface area contributed by atoms with Crippen LogP contribution >= 0.6 is 0 Å². The molecule has 2 aromatic rings. The van der Waals surface area contributed by atoms with Gasteiger partial charge in [0.25, 0.3) is 0 Å². The van der Waals surface area contributed by atoms with Gasteiger partial charge in [0, 0.05) is 23.7 Å². The van der Waals surface area contributed by atoms with Crippen LogP contribution in [0.1, 0.15) is 12.6 Å². The SMILES string of the molecule is CC(=O)Nc1ccc2n[nH]c(C)c2c1. The Hall–Kier alpha value is -1.84. The van der Waals surface area contributed by atoms with Crippen LogP contribution in [0.5, 0.6) is 0 Å². The van der Waals surface area contributed by atoms with E-state index in [1.165, 1.54) is 6.92 Å². The second-order valence-corrected chi connectivity index (χ2v) is 3.26. The number of anilines is 1. The van der Waals surface area contributed by atoms with Gasteiger partial charge in [-0.25, -0.2) is 0 Å². The zero-order valence-corrected chi connectivity index (χ0v) is 8.09. The van der Waals surface area contributed by atoms with Crippen molar-refractivity contribution >= 4 is 22.5 Å². The van der Waals surface area contributed by atoms with E-state index in [9.17, 15) is 4.79 Å². The van der Waals surface area contributed by atoms with Crippen LogP contribution in [0.4, 0.5) is 5.69 Å². The first kappa shape index (κ1) is 8.74. The molecule has 2 N–H and O–H groups in total. The lowest BCUT2D eigenvalue weighted by molar-refractivity contribution is -0.114. The smallest absolute Gasteiger partial charge is 0.221 e. The summed E-state index contributed by atoms with van der Waals surface area (Å²) in [7, 11) is 0. The largest absolute Gasteiger partial charge is 0.326 e. The van der Waals surface area contributed by atoms with E-state index in [-0.39, 0.29) is 5.91 Å². The van der Waals surface area contributed by atoms with Crippen LogP contribution in [0.25, 0.3) is 10.9 Å². The number of benzene rings is 1. The number of carbonyl (C=O) groups is 1. The normalized spacial score (nSPS) is 10.4. The van der Waals surface area contributed by atoms with Crippen molar-refractivity contribution < 1.29 is 4.79 Å². The van der Waals surface area contributed by atoms with Crippen molar-refractivity contribution in [2.24, 2.45) is 0 Å². The minimum Gasteiger partial charge on any atom is -0.326 e. The number of hydrogen-bond acceptors (Lipinski definition) is 2. The van der Waals surface area contributed by atoms with Crippen molar-refractivity contribution in [3.05, 3.63) is 23.9 Å². The minimum atomic E-state index is -0.0644. The second kappa shape index (κ2) is 3.14. The van der Waals surface area contributed by atoms with Gasteiger partial charge >= 0.3 is 0 Å². The molecule has 2 rings (SSSR count). The van der Waals surface area contributed by atoms with Gasteiger partial charge in [0.1, 0.15) is 0 Å². The number of carbonyl (C=O) groups excluding carboxylic acids is 1. The van der Waals surface area contributed by atoms with Gasteiger partial charge < -0.3 is 5.32 Å². The van der Waals surface area contributed by atoms with Crippen LogP contribution < -0.4 is 5.32 Å². The summed E-state index contributed by atoms with van der Waals surface area (Å²) in [5.74, 6) is -0.0644. The number of aromatic amines is 1. The molecule has 72 valence electrons. The summed E-state index contributed by atoms with van der Waals surface area (Å²) in [5.41, 5.74) is 2.72. The monoisotopic (exact) mass is 189 g/mol. The summed E-state index contributed by atoms with van der Waals surface area (Å²) in [4.78, 5) is 10.8. The molecule has 1 amide bonds. The van der Waals surface area contributed by atoms with Crippen molar-refractivity contribution in [3.63, 3.8) is 0 Å². The molecule has 0 saturated carbocycles. The van der Waals surface area contributed by atoms with E-state index in [0.29, 0.717) is 0 Å². The number of aryl methyl sites for hydroxylation is 1. The minimum absolute atomic E-state index is 0.0644. The van der Waals surface area contributed by atoms with Gasteiger partial charge in [0.2, 0.25) is 5.91 Å². The van der Waals surface area contributed by atoms with Gasteiger partial charge in [-0.1, -0.05) is 0 Å². The van der Waals surface area contributed by atoms with Gasteiger partial charge in [-0.05, 0) is 25.1 Å². The van der Waals surface area contributed by atoms with Gasteiger partial charge in [0.05, 0.1) is 5.52 Å². The van der Waals surface area contributed by atoms with Crippen LogP contribution in [-0.2, 0) is 4.79 Å². The summed E-state index contributed by atoms with van der Waals surface area (Å²) in [6.07, 6.45) is 0. The molecule has 0 radical (unpaired) electrons. The van der Waals surface area contributed by atoms with Crippen molar-refractivity contribution in [3.8, 4) is 0 Å². The lowest BCUT2D eigenvalue weighted by Gasteiger charge is -2.00. The average molecular weight is 189 g/mol. The fraction of sp³-hybridized carbons (Fsp3) is 0.200. The van der Waals surface area contributed by atoms with Gasteiger partial charge in [0.15, 0.2) is 0 Å². The Bertz CT molecular complexity index is 487. The zero-order chi connectivity index (χ0) is 10.1. The molecular weight excluding hydrogens is 178 g/mol. The Balaban J connectivity index is 2.49. The first-order valence-electron chi connectivity index (χ1n) is 4.39. The predicted octanol–water partition coefficient (Wildman–Crippen LogP) is 1.83. The second-order valence-electron chi connectivity index (χ2n) is 3.26. The Morgan fingerprint density at radius 3 is 3.00 bits per heavy atom. The Kier molecular flexibility index (Phi) is 1.96. The fourth-order valence-corrected chi connectivity index (χ4v) is 1.42. The quantitative estimate of drug-likeness (QED) is 0.719. The van der Waals surface area contributed by atoms with Crippen LogP contribution in [0.2, 0.25) is 0 Å². The highest BCUT2D eigenvalue weighted by molar-refractivity contribution is 5.92. The highest BCUT2D eigenvalue weighted by atomic mass is 16.1. The van der Waals surface area contributed by atoms with Crippen LogP contribution in [0, 0.1) is 6.92 Å². The topological polar surface area (TPSA) is 57.8 Å². The molecule has 1 heterocycles. The van der Waals surface area contributed by atoms with Crippen LogP contribution in [-0.4, -0.2) is 16.1 Å². The predicted molar refractivity (Wildman–Crippen MR) is 55.1 cm³/mol. The highest BCUT2D eigenvalue weighted by Crippen LogP contribution is 2.19. The maximum atomic E-state index is 10.8. The van der Waals surface area contributed by atoms with Gasteiger partial charge in [-0.2, -0.15) is 5.10 Å². The third-order valence-electron chi connectivity index (χ3n) is 2.06. The summed E-state index contributed by atoms with van der Waals surface area (Å²) < 4.78 is 0. The molecule has 1 aromatic carbocycles. The molecule has 0 fully saturated rings.